The number of hydrogen-bond acceptors (Lipinski definition) is 4. The smallest absolute Gasteiger partial charge is 0.261 e. The Hall–Kier alpha value is -1.56. The minimum absolute atomic E-state index is 0.184. The zero-order valence-electron chi connectivity index (χ0n) is 13.8. The van der Waals surface area contributed by atoms with Crippen LogP contribution in [0.4, 0.5) is 5.69 Å². The van der Waals surface area contributed by atoms with Gasteiger partial charge in [-0.15, -0.1) is 11.3 Å². The fourth-order valence-electron chi connectivity index (χ4n) is 2.19. The topological polar surface area (TPSA) is 61.4 Å². The molecule has 2 rings (SSSR count). The molecule has 129 valence electrons. The normalized spacial score (nSPS) is 12.2. The van der Waals surface area contributed by atoms with Crippen LogP contribution in [0.25, 0.3) is 0 Å². The van der Waals surface area contributed by atoms with E-state index < -0.39 is 6.10 Å². The highest BCUT2D eigenvalue weighted by atomic mass is 35.5. The molecule has 2 aromatic rings. The zero-order chi connectivity index (χ0) is 17.5. The number of carbonyl (C=O) groups is 1. The van der Waals surface area contributed by atoms with Gasteiger partial charge in [-0.2, -0.15) is 0 Å². The molecule has 24 heavy (non-hydrogen) atoms. The molecule has 0 aliphatic carbocycles. The predicted molar refractivity (Wildman–Crippen MR) is 101 cm³/mol. The van der Waals surface area contributed by atoms with E-state index in [2.05, 4.69) is 36.6 Å². The van der Waals surface area contributed by atoms with Crippen LogP contribution >= 0.6 is 22.9 Å². The second kappa shape index (κ2) is 9.06. The summed E-state index contributed by atoms with van der Waals surface area (Å²) >= 11 is 7.02. The molecule has 0 aliphatic heterocycles. The van der Waals surface area contributed by atoms with E-state index in [-0.39, 0.29) is 12.5 Å². The van der Waals surface area contributed by atoms with Crippen molar-refractivity contribution in [1.82, 2.24) is 5.32 Å². The summed E-state index contributed by atoms with van der Waals surface area (Å²) in [5.41, 5.74) is 2.21. The van der Waals surface area contributed by atoms with Gasteiger partial charge in [0, 0.05) is 18.8 Å². The highest BCUT2D eigenvalue weighted by molar-refractivity contribution is 7.17. The Morgan fingerprint density at radius 3 is 2.46 bits per heavy atom. The third-order valence-corrected chi connectivity index (χ3v) is 4.58. The molecule has 0 fully saturated rings. The number of hydrogen-bond donors (Lipinski definition) is 3. The molecule has 1 amide bonds. The highest BCUT2D eigenvalue weighted by Gasteiger charge is 2.11. The van der Waals surface area contributed by atoms with Crippen LogP contribution in [0.15, 0.2) is 36.4 Å². The van der Waals surface area contributed by atoms with E-state index >= 15 is 0 Å². The molecule has 0 aliphatic rings. The van der Waals surface area contributed by atoms with E-state index in [1.807, 2.05) is 12.1 Å². The second-order valence-electron chi connectivity index (χ2n) is 5.93. The lowest BCUT2D eigenvalue weighted by Crippen LogP contribution is -2.35. The lowest BCUT2D eigenvalue weighted by molar-refractivity contribution is 0.0926. The molecular formula is C18H22ClN2O2S. The van der Waals surface area contributed by atoms with Gasteiger partial charge < -0.3 is 15.7 Å². The van der Waals surface area contributed by atoms with Crippen molar-refractivity contribution < 1.29 is 9.90 Å². The van der Waals surface area contributed by atoms with Crippen LogP contribution in [0.1, 0.15) is 29.1 Å². The molecule has 1 aromatic heterocycles. The van der Waals surface area contributed by atoms with Gasteiger partial charge in [0.1, 0.15) is 0 Å². The lowest BCUT2D eigenvalue weighted by Gasteiger charge is -2.14. The first kappa shape index (κ1) is 18.8. The maximum Gasteiger partial charge on any atom is 0.261 e. The van der Waals surface area contributed by atoms with Gasteiger partial charge in [-0.05, 0) is 42.2 Å². The van der Waals surface area contributed by atoms with E-state index in [1.54, 1.807) is 12.1 Å². The average molecular weight is 366 g/mol. The summed E-state index contributed by atoms with van der Waals surface area (Å²) in [5.74, 6) is 1.15. The molecule has 0 saturated heterocycles. The van der Waals surface area contributed by atoms with Gasteiger partial charge in [0.05, 0.1) is 15.3 Å². The highest BCUT2D eigenvalue weighted by Crippen LogP contribution is 2.21. The third kappa shape index (κ3) is 6.15. The van der Waals surface area contributed by atoms with Gasteiger partial charge in [0.2, 0.25) is 0 Å². The number of aliphatic hydroxyl groups is 1. The third-order valence-electron chi connectivity index (χ3n) is 3.35. The molecule has 0 spiro atoms. The monoisotopic (exact) mass is 365 g/mol. The van der Waals surface area contributed by atoms with E-state index in [1.165, 1.54) is 22.8 Å². The molecule has 1 radical (unpaired) electrons. The average Bonchev–Trinajstić information content (AvgIpc) is 2.98. The lowest BCUT2D eigenvalue weighted by atomic mass is 10.0. The first-order chi connectivity index (χ1) is 11.4. The van der Waals surface area contributed by atoms with E-state index in [0.29, 0.717) is 15.8 Å². The van der Waals surface area contributed by atoms with Crippen LogP contribution in [0, 0.1) is 5.92 Å². The Labute approximate surface area is 151 Å². The molecule has 1 unspecified atom stereocenters. The minimum Gasteiger partial charge on any atom is -0.389 e. The molecule has 4 nitrogen and oxygen atoms in total. The van der Waals surface area contributed by atoms with Crippen molar-refractivity contribution in [1.29, 1.82) is 0 Å². The molecule has 1 heterocycles. The molecule has 0 saturated carbocycles. The van der Waals surface area contributed by atoms with E-state index in [0.717, 1.165) is 12.1 Å². The molecule has 1 atom stereocenters. The standard InChI is InChI=1S/C18H22ClN2O2S/c1-12(2)9-13-3-5-14(6-4-13)20-10-15(22)11-21-18(23)16-7-8-17(19)24-16/h3-8,15,20,22H,9-11H2,1-2H3,(H,21,23). The first-order valence-corrected chi connectivity index (χ1v) is 8.97. The molecule has 6 heteroatoms. The van der Waals surface area contributed by atoms with Crippen LogP contribution in [-0.4, -0.2) is 30.2 Å². The molecule has 0 bridgehead atoms. The van der Waals surface area contributed by atoms with E-state index in [9.17, 15) is 9.90 Å². The van der Waals surface area contributed by atoms with Crippen LogP contribution in [0.3, 0.4) is 0 Å². The van der Waals surface area contributed by atoms with Crippen LogP contribution in [-0.2, 0) is 6.42 Å². The van der Waals surface area contributed by atoms with Gasteiger partial charge in [-0.25, -0.2) is 0 Å². The van der Waals surface area contributed by atoms with Crippen LogP contribution in [0.2, 0.25) is 4.34 Å². The number of carbonyl (C=O) groups excluding carboxylic acids is 1. The minimum atomic E-state index is -0.671. The summed E-state index contributed by atoms with van der Waals surface area (Å²) in [4.78, 5) is 12.4. The Morgan fingerprint density at radius 1 is 1.17 bits per heavy atom. The first-order valence-electron chi connectivity index (χ1n) is 7.77. The number of nitrogens with one attached hydrogen (secondary N) is 2. The Bertz CT molecular complexity index is 655. The summed E-state index contributed by atoms with van der Waals surface area (Å²) in [6.07, 6.45) is 0.303. The van der Waals surface area contributed by atoms with Gasteiger partial charge in [0.25, 0.3) is 5.91 Å². The van der Waals surface area contributed by atoms with Crippen molar-refractivity contribution in [2.45, 2.75) is 26.4 Å². The van der Waals surface area contributed by atoms with Crippen LogP contribution < -0.4 is 10.6 Å². The molecule has 3 N–H and O–H groups in total. The number of aliphatic hydroxyl groups excluding tert-OH is 1. The van der Waals surface area contributed by atoms with Crippen molar-refractivity contribution in [3.05, 3.63) is 57.1 Å². The summed E-state index contributed by atoms with van der Waals surface area (Å²) < 4.78 is 0.571. The SMILES string of the molecule is C[C](C)Cc1ccc(NCC(O)CNC(=O)c2ccc(Cl)s2)cc1. The predicted octanol–water partition coefficient (Wildman–Crippen LogP) is 3.76. The van der Waals surface area contributed by atoms with Crippen molar-refractivity contribution >= 4 is 34.5 Å². The Morgan fingerprint density at radius 2 is 1.88 bits per heavy atom. The summed E-state index contributed by atoms with van der Waals surface area (Å²) in [6.45, 7) is 4.77. The summed E-state index contributed by atoms with van der Waals surface area (Å²) in [5, 5.41) is 15.8. The van der Waals surface area contributed by atoms with Crippen molar-refractivity contribution in [3.63, 3.8) is 0 Å². The number of thiophene rings is 1. The number of rotatable bonds is 8. The quantitative estimate of drug-likeness (QED) is 0.667. The fraction of sp³-hybridized carbons (Fsp3) is 0.333. The fourth-order valence-corrected chi connectivity index (χ4v) is 3.15. The molecule has 1 aromatic carbocycles. The maximum absolute atomic E-state index is 11.9. The van der Waals surface area contributed by atoms with E-state index in [4.69, 9.17) is 11.6 Å². The van der Waals surface area contributed by atoms with Gasteiger partial charge in [-0.3, -0.25) is 4.79 Å². The number of benzene rings is 1. The summed E-state index contributed by atoms with van der Waals surface area (Å²) in [7, 11) is 0. The maximum atomic E-state index is 11.9. The number of amides is 1. The van der Waals surface area contributed by atoms with Gasteiger partial charge in [0.15, 0.2) is 0 Å². The summed E-state index contributed by atoms with van der Waals surface area (Å²) in [6, 6.07) is 11.5. The van der Waals surface area contributed by atoms with Crippen molar-refractivity contribution in [3.8, 4) is 0 Å². The van der Waals surface area contributed by atoms with Crippen LogP contribution in [0.5, 0.6) is 0 Å². The zero-order valence-corrected chi connectivity index (χ0v) is 15.4. The van der Waals surface area contributed by atoms with Crippen molar-refractivity contribution in [2.24, 2.45) is 0 Å². The molecular weight excluding hydrogens is 344 g/mol. The second-order valence-corrected chi connectivity index (χ2v) is 7.64. The van der Waals surface area contributed by atoms with Crippen molar-refractivity contribution in [2.75, 3.05) is 18.4 Å². The Balaban J connectivity index is 1.72. The van der Waals surface area contributed by atoms with Gasteiger partial charge in [-0.1, -0.05) is 37.6 Å². The number of halogens is 1. The van der Waals surface area contributed by atoms with Gasteiger partial charge >= 0.3 is 0 Å². The largest absolute Gasteiger partial charge is 0.389 e. The number of anilines is 1. The Kier molecular flexibility index (Phi) is 7.09.